The van der Waals surface area contributed by atoms with Crippen molar-refractivity contribution >= 4 is 16.7 Å². The number of benzene rings is 1. The molecule has 0 bridgehead atoms. The fourth-order valence-corrected chi connectivity index (χ4v) is 4.56. The van der Waals surface area contributed by atoms with Gasteiger partial charge >= 0.3 is 0 Å². The monoisotopic (exact) mass is 373 g/mol. The molecule has 0 saturated carbocycles. The third-order valence-electron chi connectivity index (χ3n) is 5.99. The van der Waals surface area contributed by atoms with E-state index in [4.69, 9.17) is 0 Å². The first-order valence-corrected chi connectivity index (χ1v) is 10.3. The van der Waals surface area contributed by atoms with E-state index in [-0.39, 0.29) is 0 Å². The Hall–Kier alpha value is -2.66. The fraction of sp³-hybridized carbons (Fsp3) is 0.391. The van der Waals surface area contributed by atoms with Gasteiger partial charge in [0.1, 0.15) is 5.82 Å². The minimum absolute atomic E-state index is 0.885. The van der Waals surface area contributed by atoms with Crippen molar-refractivity contribution in [2.45, 2.75) is 46.2 Å². The van der Waals surface area contributed by atoms with Crippen molar-refractivity contribution in [1.29, 1.82) is 0 Å². The molecule has 0 aliphatic carbocycles. The number of aromatic nitrogens is 4. The highest BCUT2D eigenvalue weighted by molar-refractivity contribution is 5.81. The molecule has 0 N–H and O–H groups in total. The molecule has 5 heteroatoms. The molecule has 5 rings (SSSR count). The zero-order valence-corrected chi connectivity index (χ0v) is 16.7. The molecule has 4 heterocycles. The van der Waals surface area contributed by atoms with Gasteiger partial charge in [-0.2, -0.15) is 0 Å². The van der Waals surface area contributed by atoms with Gasteiger partial charge in [-0.25, -0.2) is 0 Å². The maximum Gasteiger partial charge on any atom is 0.161 e. The number of fused-ring (bicyclic) bond motifs is 3. The highest BCUT2D eigenvalue weighted by atomic mass is 15.2. The summed E-state index contributed by atoms with van der Waals surface area (Å²) in [5.74, 6) is 0.932. The topological polar surface area (TPSA) is 38.4 Å². The van der Waals surface area contributed by atoms with Crippen LogP contribution in [-0.2, 0) is 13.1 Å². The first-order chi connectivity index (χ1) is 13.7. The van der Waals surface area contributed by atoms with Crippen LogP contribution in [-0.4, -0.2) is 37.2 Å². The molecule has 1 aromatic carbocycles. The van der Waals surface area contributed by atoms with E-state index in [1.165, 1.54) is 60.2 Å². The number of nitrogens with zero attached hydrogens (tertiary/aromatic N) is 5. The second-order valence-electron chi connectivity index (χ2n) is 8.07. The zero-order chi connectivity index (χ0) is 19.1. The minimum Gasteiger partial charge on any atom is -0.339 e. The molecular weight excluding hydrogens is 346 g/mol. The van der Waals surface area contributed by atoms with E-state index in [0.29, 0.717) is 0 Å². The second-order valence-corrected chi connectivity index (χ2v) is 8.07. The van der Waals surface area contributed by atoms with E-state index >= 15 is 0 Å². The lowest BCUT2D eigenvalue weighted by Crippen LogP contribution is -2.29. The predicted octanol–water partition coefficient (Wildman–Crippen LogP) is 4.34. The molecule has 4 aromatic rings. The average Bonchev–Trinajstić information content (AvgIpc) is 3.23. The van der Waals surface area contributed by atoms with E-state index in [2.05, 4.69) is 73.5 Å². The minimum atomic E-state index is 0.885. The van der Waals surface area contributed by atoms with E-state index in [1.807, 2.05) is 6.92 Å². The van der Waals surface area contributed by atoms with Crippen LogP contribution in [0, 0.1) is 13.8 Å². The van der Waals surface area contributed by atoms with Crippen LogP contribution in [0.5, 0.6) is 0 Å². The molecule has 1 fully saturated rings. The van der Waals surface area contributed by atoms with Crippen molar-refractivity contribution in [3.63, 3.8) is 0 Å². The maximum absolute atomic E-state index is 4.26. The Bertz CT molecular complexity index is 1130. The molecule has 0 spiro atoms. The lowest BCUT2D eigenvalue weighted by atomic mass is 10.1. The maximum atomic E-state index is 4.26. The summed E-state index contributed by atoms with van der Waals surface area (Å²) in [5.41, 5.74) is 7.36. The predicted molar refractivity (Wildman–Crippen MR) is 113 cm³/mol. The summed E-state index contributed by atoms with van der Waals surface area (Å²) in [6.45, 7) is 8.62. The highest BCUT2D eigenvalue weighted by Gasteiger charge is 2.13. The highest BCUT2D eigenvalue weighted by Crippen LogP contribution is 2.23. The van der Waals surface area contributed by atoms with Crippen LogP contribution in [0.2, 0.25) is 0 Å². The van der Waals surface area contributed by atoms with E-state index in [0.717, 1.165) is 24.6 Å². The number of aryl methyl sites for hydroxylation is 2. The smallest absolute Gasteiger partial charge is 0.161 e. The Morgan fingerprint density at radius 2 is 1.61 bits per heavy atom. The van der Waals surface area contributed by atoms with Crippen molar-refractivity contribution in [3.8, 4) is 0 Å². The third kappa shape index (κ3) is 3.10. The second kappa shape index (κ2) is 7.06. The van der Waals surface area contributed by atoms with E-state index in [1.54, 1.807) is 0 Å². The standard InChI is InChI=1S/C23H27N5/c1-17-13-22-21(9-10-23-25-24-18(2)28(22)23)27(17)16-20-8-6-7-19(14-20)15-26-11-4-3-5-12-26/h6-10,13-14H,3-5,11-12,15-16H2,1-2H3. The molecular formula is C23H27N5. The molecule has 1 aliphatic heterocycles. The van der Waals surface area contributed by atoms with Gasteiger partial charge in [-0.05, 0) is 69.1 Å². The SMILES string of the molecule is Cc1cc2c(ccc3nnc(C)n32)n1Cc1cccc(CN2CCCCC2)c1. The van der Waals surface area contributed by atoms with Crippen LogP contribution in [0.1, 0.15) is 41.9 Å². The molecule has 3 aromatic heterocycles. The van der Waals surface area contributed by atoms with Gasteiger partial charge in [0.25, 0.3) is 0 Å². The van der Waals surface area contributed by atoms with Crippen molar-refractivity contribution in [2.75, 3.05) is 13.1 Å². The molecule has 1 saturated heterocycles. The molecule has 144 valence electrons. The Balaban J connectivity index is 1.46. The fourth-order valence-electron chi connectivity index (χ4n) is 4.56. The van der Waals surface area contributed by atoms with Gasteiger partial charge in [0.05, 0.1) is 11.0 Å². The lowest BCUT2D eigenvalue weighted by Gasteiger charge is -2.26. The normalized spacial score (nSPS) is 15.6. The molecule has 0 atom stereocenters. The molecule has 1 aliphatic rings. The van der Waals surface area contributed by atoms with Crippen LogP contribution in [0.25, 0.3) is 16.7 Å². The summed E-state index contributed by atoms with van der Waals surface area (Å²) in [6.07, 6.45) is 4.06. The van der Waals surface area contributed by atoms with Gasteiger partial charge in [-0.1, -0.05) is 30.7 Å². The molecule has 0 unspecified atom stereocenters. The Morgan fingerprint density at radius 1 is 0.821 bits per heavy atom. The molecule has 5 nitrogen and oxygen atoms in total. The van der Waals surface area contributed by atoms with Crippen LogP contribution >= 0.6 is 0 Å². The van der Waals surface area contributed by atoms with Gasteiger partial charge in [0.15, 0.2) is 5.65 Å². The van der Waals surface area contributed by atoms with Crippen LogP contribution in [0.4, 0.5) is 0 Å². The lowest BCUT2D eigenvalue weighted by molar-refractivity contribution is 0.221. The Morgan fingerprint density at radius 3 is 2.43 bits per heavy atom. The van der Waals surface area contributed by atoms with Crippen molar-refractivity contribution < 1.29 is 0 Å². The summed E-state index contributed by atoms with van der Waals surface area (Å²) >= 11 is 0. The van der Waals surface area contributed by atoms with Crippen molar-refractivity contribution in [3.05, 3.63) is 65.1 Å². The number of hydrogen-bond acceptors (Lipinski definition) is 3. The van der Waals surface area contributed by atoms with Crippen LogP contribution < -0.4 is 0 Å². The molecule has 28 heavy (non-hydrogen) atoms. The Kier molecular flexibility index (Phi) is 4.40. The van der Waals surface area contributed by atoms with Gasteiger partial charge < -0.3 is 4.57 Å². The summed E-state index contributed by atoms with van der Waals surface area (Å²) in [4.78, 5) is 2.59. The first kappa shape index (κ1) is 17.4. The number of hydrogen-bond donors (Lipinski definition) is 0. The molecule has 0 radical (unpaired) electrons. The van der Waals surface area contributed by atoms with Gasteiger partial charge in [-0.3, -0.25) is 9.30 Å². The number of likely N-dealkylation sites (tertiary alicyclic amines) is 1. The summed E-state index contributed by atoms with van der Waals surface area (Å²) < 4.78 is 4.54. The van der Waals surface area contributed by atoms with Crippen LogP contribution in [0.15, 0.2) is 42.5 Å². The quantitative estimate of drug-likeness (QED) is 0.534. The van der Waals surface area contributed by atoms with E-state index in [9.17, 15) is 0 Å². The number of piperidine rings is 1. The molecule has 0 amide bonds. The van der Waals surface area contributed by atoms with Gasteiger partial charge in [0.2, 0.25) is 0 Å². The van der Waals surface area contributed by atoms with Crippen molar-refractivity contribution in [1.82, 2.24) is 24.1 Å². The first-order valence-electron chi connectivity index (χ1n) is 10.3. The summed E-state index contributed by atoms with van der Waals surface area (Å²) in [5, 5.41) is 8.49. The number of rotatable bonds is 4. The third-order valence-corrected chi connectivity index (χ3v) is 5.99. The number of pyridine rings is 1. The largest absolute Gasteiger partial charge is 0.339 e. The summed E-state index contributed by atoms with van der Waals surface area (Å²) in [6, 6.07) is 15.6. The average molecular weight is 374 g/mol. The Labute approximate surface area is 165 Å². The van der Waals surface area contributed by atoms with Crippen molar-refractivity contribution in [2.24, 2.45) is 0 Å². The van der Waals surface area contributed by atoms with E-state index < -0.39 is 0 Å². The summed E-state index contributed by atoms with van der Waals surface area (Å²) in [7, 11) is 0. The zero-order valence-electron chi connectivity index (χ0n) is 16.7. The van der Waals surface area contributed by atoms with Crippen LogP contribution in [0.3, 0.4) is 0 Å². The van der Waals surface area contributed by atoms with Gasteiger partial charge in [-0.15, -0.1) is 10.2 Å². The van der Waals surface area contributed by atoms with Gasteiger partial charge in [0, 0.05) is 18.8 Å².